The van der Waals surface area contributed by atoms with E-state index >= 15 is 0 Å². The maximum atomic E-state index is 13.7. The van der Waals surface area contributed by atoms with Gasteiger partial charge in [-0.3, -0.25) is 14.4 Å². The molecule has 45 heavy (non-hydrogen) atoms. The van der Waals surface area contributed by atoms with Crippen molar-refractivity contribution < 1.29 is 14.4 Å². The summed E-state index contributed by atoms with van der Waals surface area (Å²) in [7, 11) is 0. The first kappa shape index (κ1) is 29.3. The Morgan fingerprint density at radius 1 is 1.13 bits per heavy atom. The Labute approximate surface area is 261 Å². The number of rotatable bonds is 8. The molecule has 1 saturated heterocycles. The first-order valence-electron chi connectivity index (χ1n) is 16.1. The van der Waals surface area contributed by atoms with Gasteiger partial charge in [-0.15, -0.1) is 10.2 Å². The zero-order valence-electron chi connectivity index (χ0n) is 25.2. The van der Waals surface area contributed by atoms with E-state index in [9.17, 15) is 19.6 Å². The van der Waals surface area contributed by atoms with Gasteiger partial charge in [0, 0.05) is 28.6 Å². The average molecular weight is 610 g/mol. The molecule has 4 aliphatic carbocycles. The highest BCUT2D eigenvalue weighted by Gasteiger charge is 2.56. The molecule has 6 atom stereocenters. The van der Waals surface area contributed by atoms with Gasteiger partial charge in [0.25, 0.3) is 0 Å². The number of fused-ring (bicyclic) bond motifs is 3. The fourth-order valence-electron chi connectivity index (χ4n) is 8.96. The number of benzene rings is 1. The zero-order chi connectivity index (χ0) is 31.3. The molecule has 7 rings (SSSR count). The van der Waals surface area contributed by atoms with E-state index in [0.717, 1.165) is 56.1 Å². The highest BCUT2D eigenvalue weighted by molar-refractivity contribution is 5.95. The van der Waals surface area contributed by atoms with Crippen molar-refractivity contribution in [3.05, 3.63) is 64.5 Å². The number of amides is 3. The lowest BCUT2D eigenvalue weighted by molar-refractivity contribution is -0.131. The number of aromatic nitrogens is 4. The number of hydrogen-bond acceptors (Lipinski definition) is 8. The van der Waals surface area contributed by atoms with E-state index in [4.69, 9.17) is 11.5 Å². The Morgan fingerprint density at radius 3 is 2.67 bits per heavy atom. The molecule has 2 saturated carbocycles. The van der Waals surface area contributed by atoms with Crippen molar-refractivity contribution in [2.75, 3.05) is 6.54 Å². The minimum Gasteiger partial charge on any atom is -0.366 e. The Morgan fingerprint density at radius 2 is 1.96 bits per heavy atom. The first-order chi connectivity index (χ1) is 21.7. The van der Waals surface area contributed by atoms with Gasteiger partial charge in [0.2, 0.25) is 17.7 Å². The largest absolute Gasteiger partial charge is 0.366 e. The zero-order valence-corrected chi connectivity index (χ0v) is 25.2. The number of nitrogens with one attached hydrogen (secondary N) is 2. The van der Waals surface area contributed by atoms with E-state index in [1.165, 1.54) is 0 Å². The van der Waals surface area contributed by atoms with Gasteiger partial charge < -0.3 is 21.7 Å². The van der Waals surface area contributed by atoms with Crippen LogP contribution in [0.15, 0.2) is 42.0 Å². The van der Waals surface area contributed by atoms with Crippen LogP contribution in [-0.4, -0.2) is 67.4 Å². The Bertz CT molecular complexity index is 1620. The van der Waals surface area contributed by atoms with Gasteiger partial charge in [-0.05, 0) is 80.0 Å². The quantitative estimate of drug-likeness (QED) is 0.348. The summed E-state index contributed by atoms with van der Waals surface area (Å²) < 4.78 is 0. The molecule has 0 spiro atoms. The number of likely N-dealkylation sites (tertiary alicyclic amines) is 1. The summed E-state index contributed by atoms with van der Waals surface area (Å²) in [6.45, 7) is 0.146. The number of hydrogen-bond donors (Lipinski definition) is 4. The average Bonchev–Trinajstić information content (AvgIpc) is 3.42. The molecule has 6 N–H and O–H groups in total. The number of piperidine rings is 1. The third kappa shape index (κ3) is 5.03. The molecule has 1 aromatic carbocycles. The molecule has 5 aliphatic rings. The number of carbonyl (C=O) groups is 3. The number of nitriles is 1. The van der Waals surface area contributed by atoms with Crippen LogP contribution in [0.25, 0.3) is 0 Å². The number of nitrogens with two attached hydrogens (primary N) is 2. The van der Waals surface area contributed by atoms with E-state index in [1.807, 2.05) is 23.1 Å². The maximum absolute atomic E-state index is 13.7. The maximum Gasteiger partial charge on any atom is 0.248 e. The first-order valence-corrected chi connectivity index (χ1v) is 16.1. The van der Waals surface area contributed by atoms with Gasteiger partial charge in [-0.2, -0.15) is 10.5 Å². The number of allylic oxidation sites excluding steroid dienone is 2. The summed E-state index contributed by atoms with van der Waals surface area (Å²) in [5.74, 6) is -0.269. The minimum atomic E-state index is -0.826. The second-order valence-electron chi connectivity index (χ2n) is 13.6. The molecule has 4 unspecified atom stereocenters. The molecular formula is C33H39N9O3. The van der Waals surface area contributed by atoms with Gasteiger partial charge in [0.1, 0.15) is 6.04 Å². The fourth-order valence-corrected chi connectivity index (χ4v) is 8.96. The molecule has 0 radical (unpaired) electrons. The van der Waals surface area contributed by atoms with Crippen molar-refractivity contribution in [3.63, 3.8) is 0 Å². The molecule has 234 valence electrons. The SMILES string of the molecule is N#CC1C[C@@H]2C[C@@H]2N1C(=O)CNC1(CC2(c3nn[nH]n3)c3ccc(C(N)=O)cc3CCC3C=C(C(N)=O)C=CC32)CCCCC1. The molecule has 1 aromatic heterocycles. The normalized spacial score (nSPS) is 31.0. The third-order valence-corrected chi connectivity index (χ3v) is 11.1. The summed E-state index contributed by atoms with van der Waals surface area (Å²) in [6, 6.07) is 7.78. The van der Waals surface area contributed by atoms with Crippen LogP contribution in [0.2, 0.25) is 0 Å². The van der Waals surface area contributed by atoms with Crippen LogP contribution >= 0.6 is 0 Å². The van der Waals surface area contributed by atoms with Crippen molar-refractivity contribution in [2.45, 2.75) is 87.2 Å². The van der Waals surface area contributed by atoms with Crippen LogP contribution in [0.4, 0.5) is 0 Å². The summed E-state index contributed by atoms with van der Waals surface area (Å²) in [5, 5.41) is 29.4. The number of nitrogens with zero attached hydrogens (tertiary/aromatic N) is 5. The summed E-state index contributed by atoms with van der Waals surface area (Å²) in [6.07, 6.45) is 14.3. The fraction of sp³-hybridized carbons (Fsp3) is 0.545. The van der Waals surface area contributed by atoms with Gasteiger partial charge in [-0.25, -0.2) is 0 Å². The Balaban J connectivity index is 1.33. The van der Waals surface area contributed by atoms with E-state index < -0.39 is 22.8 Å². The van der Waals surface area contributed by atoms with Gasteiger partial charge in [0.05, 0.1) is 18.0 Å². The predicted octanol–water partition coefficient (Wildman–Crippen LogP) is 1.94. The van der Waals surface area contributed by atoms with Gasteiger partial charge in [-0.1, -0.05) is 48.8 Å². The molecule has 1 aliphatic heterocycles. The smallest absolute Gasteiger partial charge is 0.248 e. The van der Waals surface area contributed by atoms with Crippen LogP contribution in [0.3, 0.4) is 0 Å². The molecule has 2 aromatic rings. The molecule has 2 heterocycles. The lowest BCUT2D eigenvalue weighted by Gasteiger charge is -2.49. The van der Waals surface area contributed by atoms with Crippen LogP contribution in [0.5, 0.6) is 0 Å². The highest BCUT2D eigenvalue weighted by Crippen LogP contribution is 2.55. The topological polar surface area (TPSA) is 197 Å². The minimum absolute atomic E-state index is 0.0260. The number of primary amides is 2. The second-order valence-corrected chi connectivity index (χ2v) is 13.6. The van der Waals surface area contributed by atoms with Crippen molar-refractivity contribution in [1.82, 2.24) is 30.8 Å². The number of aryl methyl sites for hydroxylation is 1. The lowest BCUT2D eigenvalue weighted by Crippen LogP contribution is -2.57. The van der Waals surface area contributed by atoms with E-state index in [0.29, 0.717) is 42.1 Å². The predicted molar refractivity (Wildman–Crippen MR) is 163 cm³/mol. The van der Waals surface area contributed by atoms with Gasteiger partial charge in [0.15, 0.2) is 5.82 Å². The van der Waals surface area contributed by atoms with Crippen LogP contribution in [-0.2, 0) is 21.4 Å². The molecule has 12 heteroatoms. The third-order valence-electron chi connectivity index (χ3n) is 11.1. The molecule has 12 nitrogen and oxygen atoms in total. The van der Waals surface area contributed by atoms with E-state index in [1.54, 1.807) is 12.1 Å². The van der Waals surface area contributed by atoms with Crippen molar-refractivity contribution >= 4 is 17.7 Å². The highest BCUT2D eigenvalue weighted by atomic mass is 16.2. The number of H-pyrrole nitrogens is 1. The summed E-state index contributed by atoms with van der Waals surface area (Å²) in [4.78, 5) is 40.1. The summed E-state index contributed by atoms with van der Waals surface area (Å²) in [5.41, 5.74) is 13.0. The number of tetrazole rings is 1. The Hall–Kier alpha value is -4.37. The monoisotopic (exact) mass is 609 g/mol. The molecular weight excluding hydrogens is 570 g/mol. The molecule has 3 amide bonds. The van der Waals surface area contributed by atoms with E-state index in [-0.39, 0.29) is 36.4 Å². The summed E-state index contributed by atoms with van der Waals surface area (Å²) >= 11 is 0. The number of aromatic amines is 1. The van der Waals surface area contributed by atoms with Crippen molar-refractivity contribution in [1.29, 1.82) is 5.26 Å². The Kier molecular flexibility index (Phi) is 7.31. The van der Waals surface area contributed by atoms with E-state index in [2.05, 4.69) is 38.1 Å². The molecule has 0 bridgehead atoms. The lowest BCUT2D eigenvalue weighted by atomic mass is 9.57. The standard InChI is InChI=1S/C33H39N9O3/c34-16-24-14-23-15-27(23)42(24)28(43)17-37-32(10-2-1-3-11-32)18-33(31-38-40-41-39-31)25-8-6-21(29(35)44)12-19(25)4-5-20-13-22(30(36)45)7-9-26(20)33/h6-9,12-13,19,23-25,27,37H,1-5,10-11,14-15,17-18H2,(H2,35,44)(H2,36,45)(H,38,39,40,41)/t19?,23-,24?,25?,27+,33?/m1/s1. The van der Waals surface area contributed by atoms with Crippen molar-refractivity contribution in [3.8, 4) is 6.07 Å². The van der Waals surface area contributed by atoms with Crippen molar-refractivity contribution in [2.24, 2.45) is 29.2 Å². The van der Waals surface area contributed by atoms with Crippen LogP contribution < -0.4 is 16.8 Å². The van der Waals surface area contributed by atoms with Crippen LogP contribution in [0, 0.1) is 29.1 Å². The van der Waals surface area contributed by atoms with Crippen LogP contribution in [0.1, 0.15) is 85.1 Å². The second kappa shape index (κ2) is 11.2. The molecule has 3 fully saturated rings. The van der Waals surface area contributed by atoms with Gasteiger partial charge >= 0.3 is 0 Å². The number of carbonyl (C=O) groups excluding carboxylic acids is 3.